The first-order valence-electron chi connectivity index (χ1n) is 10.7. The maximum absolute atomic E-state index is 13.6. The molecular weight excluding hydrogens is 466 g/mol. The number of phenols is 1. The van der Waals surface area contributed by atoms with Crippen LogP contribution in [0.25, 0.3) is 0 Å². The van der Waals surface area contributed by atoms with Gasteiger partial charge in [0.25, 0.3) is 5.91 Å². The molecule has 4 rings (SSSR count). The van der Waals surface area contributed by atoms with Gasteiger partial charge in [0.1, 0.15) is 22.8 Å². The molecule has 1 N–H and O–H groups in total. The number of hydrogen-bond donors (Lipinski definition) is 1. The lowest BCUT2D eigenvalue weighted by Crippen LogP contribution is -2.30. The topological polar surface area (TPSA) is 76.1 Å². The second-order valence-electron chi connectivity index (χ2n) is 7.65. The van der Waals surface area contributed by atoms with Gasteiger partial charge in [0, 0.05) is 16.3 Å². The van der Waals surface area contributed by atoms with Crippen LogP contribution < -0.4 is 9.64 Å². The van der Waals surface area contributed by atoms with Gasteiger partial charge in [-0.2, -0.15) is 0 Å². The fourth-order valence-electron chi connectivity index (χ4n) is 3.46. The number of methoxy groups -OCH3 is 1. The van der Waals surface area contributed by atoms with Gasteiger partial charge in [0.05, 0.1) is 13.7 Å². The summed E-state index contributed by atoms with van der Waals surface area (Å²) in [6.45, 7) is 0.212. The number of para-hydroxylation sites is 1. The van der Waals surface area contributed by atoms with E-state index in [2.05, 4.69) is 0 Å². The molecule has 0 radical (unpaired) electrons. The highest BCUT2D eigenvalue weighted by Crippen LogP contribution is 2.28. The van der Waals surface area contributed by atoms with E-state index in [1.165, 1.54) is 24.1 Å². The van der Waals surface area contributed by atoms with Crippen LogP contribution >= 0.6 is 11.6 Å². The Hall–Kier alpha value is -4.29. The monoisotopic (exact) mass is 487 g/mol. The van der Waals surface area contributed by atoms with Crippen LogP contribution in [0.5, 0.6) is 17.2 Å². The fraction of sp³-hybridized carbons (Fsp3) is 0.0714. The molecule has 7 heteroatoms. The van der Waals surface area contributed by atoms with Crippen molar-refractivity contribution in [2.75, 3.05) is 12.0 Å². The summed E-state index contributed by atoms with van der Waals surface area (Å²) in [6, 6.07) is 27.6. The van der Waals surface area contributed by atoms with Crippen molar-refractivity contribution in [3.63, 3.8) is 0 Å². The average Bonchev–Trinajstić information content (AvgIpc) is 2.89. The highest BCUT2D eigenvalue weighted by Gasteiger charge is 2.21. The molecule has 0 bridgehead atoms. The highest BCUT2D eigenvalue weighted by atomic mass is 35.5. The Morgan fingerprint density at radius 3 is 2.17 bits per heavy atom. The first-order valence-corrected chi connectivity index (χ1v) is 11.1. The van der Waals surface area contributed by atoms with Crippen molar-refractivity contribution >= 4 is 29.2 Å². The zero-order valence-electron chi connectivity index (χ0n) is 18.9. The van der Waals surface area contributed by atoms with Gasteiger partial charge in [0.2, 0.25) is 0 Å². The van der Waals surface area contributed by atoms with E-state index in [0.29, 0.717) is 27.8 Å². The molecule has 0 atom stereocenters. The lowest BCUT2D eigenvalue weighted by molar-refractivity contribution is 0.0597. The number of ether oxygens (including phenoxy) is 2. The van der Waals surface area contributed by atoms with E-state index in [4.69, 9.17) is 21.1 Å². The third-order valence-corrected chi connectivity index (χ3v) is 5.53. The molecule has 0 saturated heterocycles. The van der Waals surface area contributed by atoms with Crippen LogP contribution in [-0.4, -0.2) is 24.1 Å². The van der Waals surface area contributed by atoms with E-state index in [-0.39, 0.29) is 23.8 Å². The summed E-state index contributed by atoms with van der Waals surface area (Å²) in [5.41, 5.74) is 1.64. The van der Waals surface area contributed by atoms with Gasteiger partial charge in [-0.25, -0.2) is 4.79 Å². The molecule has 176 valence electrons. The fourth-order valence-corrected chi connectivity index (χ4v) is 3.59. The van der Waals surface area contributed by atoms with E-state index in [9.17, 15) is 14.7 Å². The molecule has 0 unspecified atom stereocenters. The third-order valence-electron chi connectivity index (χ3n) is 5.28. The van der Waals surface area contributed by atoms with Gasteiger partial charge in [-0.1, -0.05) is 41.9 Å². The lowest BCUT2D eigenvalue weighted by atomic mass is 10.1. The van der Waals surface area contributed by atoms with Crippen LogP contribution in [0.2, 0.25) is 5.02 Å². The number of aromatic hydroxyl groups is 1. The quantitative estimate of drug-likeness (QED) is 0.302. The van der Waals surface area contributed by atoms with Gasteiger partial charge < -0.3 is 19.5 Å². The minimum absolute atomic E-state index is 0.0366. The number of rotatable bonds is 7. The van der Waals surface area contributed by atoms with Crippen molar-refractivity contribution in [3.8, 4) is 17.2 Å². The number of halogens is 1. The zero-order chi connectivity index (χ0) is 24.8. The Morgan fingerprint density at radius 1 is 0.857 bits per heavy atom. The molecule has 4 aromatic rings. The molecule has 0 aliphatic heterocycles. The number of nitrogens with zero attached hydrogens (tertiary/aromatic N) is 1. The first-order chi connectivity index (χ1) is 16.9. The number of anilines is 1. The first kappa shape index (κ1) is 23.9. The number of benzene rings is 4. The SMILES string of the molecule is COC(=O)c1cc(N(Cc2ccc(Cl)cc2)C(=O)c2ccc(Oc3ccccc3)cc2)ccc1O. The molecule has 0 fully saturated rings. The Kier molecular flexibility index (Phi) is 7.33. The van der Waals surface area contributed by atoms with E-state index in [0.717, 1.165) is 5.56 Å². The molecule has 0 spiro atoms. The highest BCUT2D eigenvalue weighted by molar-refractivity contribution is 6.30. The van der Waals surface area contributed by atoms with Gasteiger partial charge in [-0.3, -0.25) is 4.79 Å². The van der Waals surface area contributed by atoms with E-state index < -0.39 is 5.97 Å². The molecule has 35 heavy (non-hydrogen) atoms. The van der Waals surface area contributed by atoms with E-state index in [1.807, 2.05) is 42.5 Å². The molecule has 0 saturated carbocycles. The molecule has 0 heterocycles. The number of phenolic OH excluding ortho intramolecular Hbond substituents is 1. The normalized spacial score (nSPS) is 10.5. The van der Waals surface area contributed by atoms with Crippen molar-refractivity contribution in [2.24, 2.45) is 0 Å². The number of esters is 1. The Bertz CT molecular complexity index is 1320. The molecule has 0 aromatic heterocycles. The molecule has 0 aliphatic rings. The summed E-state index contributed by atoms with van der Waals surface area (Å²) < 4.78 is 10.6. The second-order valence-corrected chi connectivity index (χ2v) is 8.09. The summed E-state index contributed by atoms with van der Waals surface area (Å²) in [7, 11) is 1.23. The summed E-state index contributed by atoms with van der Waals surface area (Å²) >= 11 is 6.01. The zero-order valence-corrected chi connectivity index (χ0v) is 19.6. The van der Waals surface area contributed by atoms with Crippen LogP contribution in [0.3, 0.4) is 0 Å². The van der Waals surface area contributed by atoms with Gasteiger partial charge in [-0.15, -0.1) is 0 Å². The Labute approximate surface area is 207 Å². The maximum Gasteiger partial charge on any atom is 0.341 e. The minimum Gasteiger partial charge on any atom is -0.507 e. The van der Waals surface area contributed by atoms with Gasteiger partial charge >= 0.3 is 5.97 Å². The predicted octanol–water partition coefficient (Wildman–Crippen LogP) is 6.47. The number of carbonyl (C=O) groups is 2. The summed E-state index contributed by atoms with van der Waals surface area (Å²) in [4.78, 5) is 27.2. The second kappa shape index (κ2) is 10.8. The Morgan fingerprint density at radius 2 is 1.51 bits per heavy atom. The van der Waals surface area contributed by atoms with Crippen LogP contribution in [-0.2, 0) is 11.3 Å². The van der Waals surface area contributed by atoms with E-state index in [1.54, 1.807) is 42.5 Å². The van der Waals surface area contributed by atoms with Crippen molar-refractivity contribution in [3.05, 3.63) is 119 Å². The van der Waals surface area contributed by atoms with Crippen LogP contribution in [0.4, 0.5) is 5.69 Å². The summed E-state index contributed by atoms with van der Waals surface area (Å²) in [5.74, 6) is 0.0465. The van der Waals surface area contributed by atoms with Crippen LogP contribution in [0, 0.1) is 0 Å². The molecule has 4 aromatic carbocycles. The third kappa shape index (κ3) is 5.80. The van der Waals surface area contributed by atoms with E-state index >= 15 is 0 Å². The standard InChI is InChI=1S/C28H22ClNO5/c1-34-28(33)25-17-22(13-16-26(25)31)30(18-19-7-11-21(29)12-8-19)27(32)20-9-14-24(15-10-20)35-23-5-3-2-4-6-23/h2-17,31H,18H2,1H3. The van der Waals surface area contributed by atoms with Crippen LogP contribution in [0.15, 0.2) is 97.1 Å². The lowest BCUT2D eigenvalue weighted by Gasteiger charge is -2.24. The largest absolute Gasteiger partial charge is 0.507 e. The van der Waals surface area contributed by atoms with Crippen molar-refractivity contribution in [1.29, 1.82) is 0 Å². The van der Waals surface area contributed by atoms with Crippen molar-refractivity contribution < 1.29 is 24.2 Å². The van der Waals surface area contributed by atoms with Crippen molar-refractivity contribution in [2.45, 2.75) is 6.54 Å². The Balaban J connectivity index is 1.66. The van der Waals surface area contributed by atoms with Gasteiger partial charge in [0.15, 0.2) is 0 Å². The molecular formula is C28H22ClNO5. The maximum atomic E-state index is 13.6. The van der Waals surface area contributed by atoms with Crippen LogP contribution in [0.1, 0.15) is 26.3 Å². The smallest absolute Gasteiger partial charge is 0.341 e. The molecule has 1 amide bonds. The molecule has 6 nitrogen and oxygen atoms in total. The molecule has 0 aliphatic carbocycles. The predicted molar refractivity (Wildman–Crippen MR) is 134 cm³/mol. The summed E-state index contributed by atoms with van der Waals surface area (Å²) in [6.07, 6.45) is 0. The van der Waals surface area contributed by atoms with Crippen molar-refractivity contribution in [1.82, 2.24) is 0 Å². The number of amides is 1. The minimum atomic E-state index is -0.703. The number of carbonyl (C=O) groups excluding carboxylic acids is 2. The average molecular weight is 488 g/mol. The summed E-state index contributed by atoms with van der Waals surface area (Å²) in [5, 5.41) is 10.7. The van der Waals surface area contributed by atoms with Gasteiger partial charge in [-0.05, 0) is 72.3 Å². The number of hydrogen-bond acceptors (Lipinski definition) is 5.